The van der Waals surface area contributed by atoms with Crippen molar-refractivity contribution in [2.45, 2.75) is 0 Å². The molecule has 0 N–H and O–H groups in total. The van der Waals surface area contributed by atoms with Crippen LogP contribution < -0.4 is 5.63 Å². The van der Waals surface area contributed by atoms with E-state index in [0.717, 1.165) is 11.8 Å². The van der Waals surface area contributed by atoms with E-state index in [1.807, 2.05) is 51.4 Å². The first-order valence-electron chi connectivity index (χ1n) is 6.42. The average molecular weight is 270 g/mol. The van der Waals surface area contributed by atoms with E-state index in [2.05, 4.69) is 23.7 Å². The first-order valence-corrected chi connectivity index (χ1v) is 6.42. The molecule has 1 heterocycles. The summed E-state index contributed by atoms with van der Waals surface area (Å²) in [6.07, 6.45) is 15.3. The molecule has 2 nitrogen and oxygen atoms in total. The van der Waals surface area contributed by atoms with Crippen LogP contribution in [0.25, 0.3) is 0 Å². The first kappa shape index (κ1) is 14.0. The largest absolute Gasteiger partial charge is 0.414 e. The molecule has 0 amide bonds. The summed E-state index contributed by atoms with van der Waals surface area (Å²) in [6, 6.07) is 3.04. The lowest BCUT2D eigenvalue weighted by atomic mass is 10.1. The van der Waals surface area contributed by atoms with Crippen molar-refractivity contribution in [1.82, 2.24) is 0 Å². The Hall–Kier alpha value is -1.93. The SMILES string of the molecule is O=c1cc(C#C[C]2[CH][CH][CH][CH]2)cc(C#C[C]2[CH][CH][CH][CH]2)o1. The molecule has 1 aromatic heterocycles. The van der Waals surface area contributed by atoms with Gasteiger partial charge in [0.2, 0.25) is 0 Å². The van der Waals surface area contributed by atoms with E-state index in [1.165, 1.54) is 6.07 Å². The second-order valence-corrected chi connectivity index (χ2v) is 4.38. The van der Waals surface area contributed by atoms with Crippen LogP contribution in [0.3, 0.4) is 0 Å². The van der Waals surface area contributed by atoms with Crippen LogP contribution in [-0.2, 0) is 0 Å². The summed E-state index contributed by atoms with van der Waals surface area (Å²) in [5, 5.41) is 0. The van der Waals surface area contributed by atoms with Gasteiger partial charge in [-0.3, -0.25) is 0 Å². The molecule has 3 rings (SSSR count). The Labute approximate surface area is 125 Å². The Morgan fingerprint density at radius 3 is 1.90 bits per heavy atom. The zero-order valence-electron chi connectivity index (χ0n) is 11.1. The molecule has 98 valence electrons. The highest BCUT2D eigenvalue weighted by molar-refractivity contribution is 5.52. The summed E-state index contributed by atoms with van der Waals surface area (Å²) < 4.78 is 5.06. The van der Waals surface area contributed by atoms with Gasteiger partial charge in [0, 0.05) is 17.7 Å². The third-order valence-electron chi connectivity index (χ3n) is 2.78. The van der Waals surface area contributed by atoms with Gasteiger partial charge in [-0.25, -0.2) is 4.79 Å². The summed E-state index contributed by atoms with van der Waals surface area (Å²) in [4.78, 5) is 11.5. The maximum absolute atomic E-state index is 11.5. The highest BCUT2D eigenvalue weighted by Gasteiger charge is 2.15. The molecule has 0 aliphatic heterocycles. The minimum Gasteiger partial charge on any atom is -0.414 e. The van der Waals surface area contributed by atoms with E-state index < -0.39 is 5.63 Å². The van der Waals surface area contributed by atoms with Crippen LogP contribution in [-0.4, -0.2) is 0 Å². The third-order valence-corrected chi connectivity index (χ3v) is 2.78. The van der Waals surface area contributed by atoms with Crippen molar-refractivity contribution in [3.05, 3.63) is 97.1 Å². The standard InChI is InChI=1S/C19H10O2/c20-19-14-17(10-9-15-5-1-2-6-15)13-18(21-19)12-11-16-7-3-4-8-16/h1-8,13-14H. The fourth-order valence-corrected chi connectivity index (χ4v) is 1.80. The third kappa shape index (κ3) is 4.02. The van der Waals surface area contributed by atoms with Crippen LogP contribution in [0.4, 0.5) is 0 Å². The molecule has 2 fully saturated rings. The lowest BCUT2D eigenvalue weighted by Gasteiger charge is -1.95. The molecule has 2 heteroatoms. The van der Waals surface area contributed by atoms with E-state index in [0.29, 0.717) is 11.3 Å². The average Bonchev–Trinajstić information content (AvgIpc) is 3.16. The van der Waals surface area contributed by atoms with Gasteiger partial charge in [0.05, 0.1) is 11.8 Å². The lowest BCUT2D eigenvalue weighted by Crippen LogP contribution is -1.99. The Bertz CT molecular complexity index is 608. The minimum absolute atomic E-state index is 0.315. The molecule has 2 saturated carbocycles. The Morgan fingerprint density at radius 2 is 1.29 bits per heavy atom. The molecular weight excluding hydrogens is 260 g/mol. The van der Waals surface area contributed by atoms with Crippen molar-refractivity contribution < 1.29 is 4.42 Å². The molecule has 2 aliphatic carbocycles. The predicted molar refractivity (Wildman–Crippen MR) is 79.6 cm³/mol. The molecule has 2 aliphatic rings. The first-order chi connectivity index (χ1) is 10.3. The highest BCUT2D eigenvalue weighted by Crippen LogP contribution is 2.22. The maximum atomic E-state index is 11.5. The monoisotopic (exact) mass is 270 g/mol. The second kappa shape index (κ2) is 6.68. The molecule has 0 saturated heterocycles. The lowest BCUT2D eigenvalue weighted by molar-refractivity contribution is 0.498. The minimum atomic E-state index is -0.448. The van der Waals surface area contributed by atoms with Crippen molar-refractivity contribution in [2.24, 2.45) is 0 Å². The van der Waals surface area contributed by atoms with E-state index >= 15 is 0 Å². The van der Waals surface area contributed by atoms with Crippen LogP contribution in [0.5, 0.6) is 0 Å². The van der Waals surface area contributed by atoms with Crippen LogP contribution in [0.15, 0.2) is 21.3 Å². The highest BCUT2D eigenvalue weighted by atomic mass is 16.4. The van der Waals surface area contributed by atoms with Gasteiger partial charge in [-0.05, 0) is 57.3 Å². The van der Waals surface area contributed by atoms with Crippen LogP contribution >= 0.6 is 0 Å². The van der Waals surface area contributed by atoms with Gasteiger partial charge in [0.15, 0.2) is 5.76 Å². The maximum Gasteiger partial charge on any atom is 0.338 e. The Kier molecular flexibility index (Phi) is 4.46. The van der Waals surface area contributed by atoms with Crippen molar-refractivity contribution in [2.75, 3.05) is 0 Å². The Balaban J connectivity index is 1.77. The molecule has 1 aromatic rings. The molecule has 0 atom stereocenters. The summed E-state index contributed by atoms with van der Waals surface area (Å²) in [5.74, 6) is 13.8. The zero-order chi connectivity index (χ0) is 14.5. The van der Waals surface area contributed by atoms with Crippen LogP contribution in [0.2, 0.25) is 0 Å². The molecule has 0 spiro atoms. The summed E-state index contributed by atoms with van der Waals surface area (Å²) in [5.41, 5.74) is 0.148. The van der Waals surface area contributed by atoms with Gasteiger partial charge in [-0.1, -0.05) is 17.8 Å². The molecular formula is C19H10O2. The van der Waals surface area contributed by atoms with E-state index in [-0.39, 0.29) is 0 Å². The normalized spacial score (nSPS) is 18.9. The van der Waals surface area contributed by atoms with Gasteiger partial charge in [-0.2, -0.15) is 0 Å². The van der Waals surface area contributed by atoms with Crippen LogP contribution in [0, 0.1) is 86.9 Å². The number of hydrogen-bond acceptors (Lipinski definition) is 2. The van der Waals surface area contributed by atoms with E-state index in [4.69, 9.17) is 4.42 Å². The van der Waals surface area contributed by atoms with Gasteiger partial charge in [-0.15, -0.1) is 0 Å². The topological polar surface area (TPSA) is 30.2 Å². The van der Waals surface area contributed by atoms with Crippen molar-refractivity contribution in [1.29, 1.82) is 0 Å². The van der Waals surface area contributed by atoms with E-state index in [9.17, 15) is 4.79 Å². The number of hydrogen-bond donors (Lipinski definition) is 0. The van der Waals surface area contributed by atoms with Crippen LogP contribution in [0.1, 0.15) is 11.3 Å². The Morgan fingerprint density at radius 1 is 0.714 bits per heavy atom. The van der Waals surface area contributed by atoms with Gasteiger partial charge in [0.1, 0.15) is 0 Å². The summed E-state index contributed by atoms with van der Waals surface area (Å²) in [7, 11) is 0. The van der Waals surface area contributed by atoms with Gasteiger partial charge >= 0.3 is 5.63 Å². The second-order valence-electron chi connectivity index (χ2n) is 4.38. The summed E-state index contributed by atoms with van der Waals surface area (Å²) >= 11 is 0. The molecule has 0 aromatic carbocycles. The molecule has 10 radical (unpaired) electrons. The number of rotatable bonds is 0. The quantitative estimate of drug-likeness (QED) is 0.676. The van der Waals surface area contributed by atoms with Crippen molar-refractivity contribution >= 4 is 0 Å². The zero-order valence-corrected chi connectivity index (χ0v) is 11.1. The van der Waals surface area contributed by atoms with E-state index in [1.54, 1.807) is 6.07 Å². The molecule has 0 unspecified atom stereocenters. The van der Waals surface area contributed by atoms with Crippen molar-refractivity contribution in [3.63, 3.8) is 0 Å². The smallest absolute Gasteiger partial charge is 0.338 e. The fraction of sp³-hybridized carbons (Fsp3) is 0. The summed E-state index contributed by atoms with van der Waals surface area (Å²) in [6.45, 7) is 0. The molecule has 21 heavy (non-hydrogen) atoms. The van der Waals surface area contributed by atoms with Gasteiger partial charge in [0.25, 0.3) is 0 Å². The fourth-order valence-electron chi connectivity index (χ4n) is 1.80. The predicted octanol–water partition coefficient (Wildman–Crippen LogP) is 2.15. The van der Waals surface area contributed by atoms with Gasteiger partial charge < -0.3 is 4.42 Å². The van der Waals surface area contributed by atoms with Crippen molar-refractivity contribution in [3.8, 4) is 23.7 Å². The molecule has 0 bridgehead atoms.